The van der Waals surface area contributed by atoms with E-state index in [9.17, 15) is 5.26 Å². The van der Waals surface area contributed by atoms with Crippen molar-refractivity contribution in [3.05, 3.63) is 58.8 Å². The predicted octanol–water partition coefficient (Wildman–Crippen LogP) is 4.43. The number of aromatic nitrogens is 2. The van der Waals surface area contributed by atoms with Crippen molar-refractivity contribution in [3.8, 4) is 34.2 Å². The molecule has 0 spiro atoms. The first-order valence-corrected chi connectivity index (χ1v) is 8.47. The SMILES string of the molecule is CCOc1ccc(Br)cc1-c1cc(-c2cccnc2)nc(N)c1C#N. The minimum Gasteiger partial charge on any atom is -0.493 e. The van der Waals surface area contributed by atoms with Crippen molar-refractivity contribution >= 4 is 21.7 Å². The Morgan fingerprint density at radius 1 is 1.24 bits per heavy atom. The Balaban J connectivity index is 2.27. The molecule has 0 aliphatic heterocycles. The maximum absolute atomic E-state index is 9.58. The van der Waals surface area contributed by atoms with E-state index in [0.717, 1.165) is 15.6 Å². The fraction of sp³-hybridized carbons (Fsp3) is 0.105. The van der Waals surface area contributed by atoms with Gasteiger partial charge in [-0.1, -0.05) is 15.9 Å². The van der Waals surface area contributed by atoms with Gasteiger partial charge in [0, 0.05) is 33.6 Å². The number of rotatable bonds is 4. The second-order valence-electron chi connectivity index (χ2n) is 5.24. The van der Waals surface area contributed by atoms with Gasteiger partial charge in [-0.3, -0.25) is 4.98 Å². The largest absolute Gasteiger partial charge is 0.493 e. The summed E-state index contributed by atoms with van der Waals surface area (Å²) in [5.41, 5.74) is 9.33. The molecule has 0 aliphatic carbocycles. The van der Waals surface area contributed by atoms with Gasteiger partial charge in [0.25, 0.3) is 0 Å². The molecule has 2 heterocycles. The van der Waals surface area contributed by atoms with E-state index in [0.29, 0.717) is 29.2 Å². The van der Waals surface area contributed by atoms with Crippen LogP contribution in [0, 0.1) is 11.3 Å². The molecule has 1 aromatic carbocycles. The molecule has 0 atom stereocenters. The highest BCUT2D eigenvalue weighted by Gasteiger charge is 2.17. The van der Waals surface area contributed by atoms with Gasteiger partial charge >= 0.3 is 0 Å². The Morgan fingerprint density at radius 3 is 2.76 bits per heavy atom. The van der Waals surface area contributed by atoms with Crippen LogP contribution in [0.4, 0.5) is 5.82 Å². The van der Waals surface area contributed by atoms with Crippen LogP contribution in [0.3, 0.4) is 0 Å². The van der Waals surface area contributed by atoms with Crippen LogP contribution < -0.4 is 10.5 Å². The zero-order valence-electron chi connectivity index (χ0n) is 13.5. The van der Waals surface area contributed by atoms with E-state index >= 15 is 0 Å². The van der Waals surface area contributed by atoms with Crippen molar-refractivity contribution in [1.29, 1.82) is 5.26 Å². The standard InChI is InChI=1S/C19H15BrN4O/c1-2-25-18-6-5-13(20)8-15(18)14-9-17(12-4-3-7-23-11-12)24-19(22)16(14)10-21/h3-9,11H,2H2,1H3,(H2,22,24). The number of benzene rings is 1. The molecule has 6 heteroatoms. The number of hydrogen-bond acceptors (Lipinski definition) is 5. The zero-order chi connectivity index (χ0) is 17.8. The first-order valence-electron chi connectivity index (χ1n) is 7.67. The third-order valence-electron chi connectivity index (χ3n) is 3.65. The van der Waals surface area contributed by atoms with Crippen LogP contribution in [-0.2, 0) is 0 Å². The summed E-state index contributed by atoms with van der Waals surface area (Å²) < 4.78 is 6.61. The van der Waals surface area contributed by atoms with E-state index in [1.807, 2.05) is 43.3 Å². The third kappa shape index (κ3) is 3.47. The number of nitrogen functional groups attached to an aromatic ring is 1. The molecule has 2 N–H and O–H groups in total. The minimum atomic E-state index is 0.182. The maximum atomic E-state index is 9.58. The number of nitriles is 1. The van der Waals surface area contributed by atoms with Crippen LogP contribution in [0.1, 0.15) is 12.5 Å². The van der Waals surface area contributed by atoms with Crippen LogP contribution in [0.5, 0.6) is 5.75 Å². The van der Waals surface area contributed by atoms with Crippen molar-refractivity contribution in [1.82, 2.24) is 9.97 Å². The van der Waals surface area contributed by atoms with Crippen LogP contribution in [-0.4, -0.2) is 16.6 Å². The summed E-state index contributed by atoms with van der Waals surface area (Å²) in [6.45, 7) is 2.44. The number of nitrogens with zero attached hydrogens (tertiary/aromatic N) is 3. The summed E-state index contributed by atoms with van der Waals surface area (Å²) in [5, 5.41) is 9.58. The Kier molecular flexibility index (Phi) is 4.96. The number of nitrogens with two attached hydrogens (primary N) is 1. The lowest BCUT2D eigenvalue weighted by Crippen LogP contribution is -2.01. The van der Waals surface area contributed by atoms with Crippen LogP contribution in [0.15, 0.2) is 53.3 Å². The first-order chi connectivity index (χ1) is 12.1. The highest BCUT2D eigenvalue weighted by atomic mass is 79.9. The van der Waals surface area contributed by atoms with Crippen molar-refractivity contribution < 1.29 is 4.74 Å². The predicted molar refractivity (Wildman–Crippen MR) is 101 cm³/mol. The van der Waals surface area contributed by atoms with E-state index in [2.05, 4.69) is 32.0 Å². The van der Waals surface area contributed by atoms with Gasteiger partial charge < -0.3 is 10.5 Å². The average Bonchev–Trinajstić information content (AvgIpc) is 2.63. The van der Waals surface area contributed by atoms with E-state index in [1.165, 1.54) is 0 Å². The molecule has 3 aromatic rings. The normalized spacial score (nSPS) is 10.3. The maximum Gasteiger partial charge on any atom is 0.142 e. The van der Waals surface area contributed by atoms with E-state index < -0.39 is 0 Å². The Bertz CT molecular complexity index is 952. The third-order valence-corrected chi connectivity index (χ3v) is 4.14. The summed E-state index contributed by atoms with van der Waals surface area (Å²) in [4.78, 5) is 8.48. The average molecular weight is 395 g/mol. The van der Waals surface area contributed by atoms with Gasteiger partial charge in [0.2, 0.25) is 0 Å². The number of pyridine rings is 2. The highest BCUT2D eigenvalue weighted by molar-refractivity contribution is 9.10. The topological polar surface area (TPSA) is 84.8 Å². The van der Waals surface area contributed by atoms with Crippen molar-refractivity contribution in [2.24, 2.45) is 0 Å². The molecule has 3 rings (SSSR count). The molecule has 0 saturated carbocycles. The van der Waals surface area contributed by atoms with Gasteiger partial charge in [-0.15, -0.1) is 0 Å². The van der Waals surface area contributed by atoms with E-state index in [-0.39, 0.29) is 5.82 Å². The summed E-state index contributed by atoms with van der Waals surface area (Å²) in [6, 6.07) is 13.4. The molecule has 0 unspecified atom stereocenters. The van der Waals surface area contributed by atoms with Crippen LogP contribution in [0.25, 0.3) is 22.4 Å². The summed E-state index contributed by atoms with van der Waals surface area (Å²) in [6.07, 6.45) is 3.40. The van der Waals surface area contributed by atoms with Crippen molar-refractivity contribution in [3.63, 3.8) is 0 Å². The lowest BCUT2D eigenvalue weighted by Gasteiger charge is -2.14. The molecular formula is C19H15BrN4O. The van der Waals surface area contributed by atoms with E-state index in [4.69, 9.17) is 10.5 Å². The first kappa shape index (κ1) is 16.9. The van der Waals surface area contributed by atoms with Gasteiger partial charge in [0.1, 0.15) is 23.2 Å². The Labute approximate surface area is 154 Å². The highest BCUT2D eigenvalue weighted by Crippen LogP contribution is 2.38. The van der Waals surface area contributed by atoms with Gasteiger partial charge in [-0.2, -0.15) is 5.26 Å². The molecule has 0 radical (unpaired) electrons. The van der Waals surface area contributed by atoms with Crippen molar-refractivity contribution in [2.75, 3.05) is 12.3 Å². The van der Waals surface area contributed by atoms with Gasteiger partial charge in [0.15, 0.2) is 0 Å². The smallest absolute Gasteiger partial charge is 0.142 e. The molecule has 0 fully saturated rings. The molecule has 124 valence electrons. The summed E-state index contributed by atoms with van der Waals surface area (Å²) >= 11 is 3.48. The molecule has 0 bridgehead atoms. The molecule has 0 amide bonds. The summed E-state index contributed by atoms with van der Waals surface area (Å²) in [7, 11) is 0. The quantitative estimate of drug-likeness (QED) is 0.707. The second kappa shape index (κ2) is 7.32. The second-order valence-corrected chi connectivity index (χ2v) is 6.16. The van der Waals surface area contributed by atoms with Gasteiger partial charge in [0.05, 0.1) is 12.3 Å². The van der Waals surface area contributed by atoms with E-state index in [1.54, 1.807) is 12.4 Å². The zero-order valence-corrected chi connectivity index (χ0v) is 15.1. The fourth-order valence-corrected chi connectivity index (χ4v) is 2.91. The van der Waals surface area contributed by atoms with Gasteiger partial charge in [-0.25, -0.2) is 4.98 Å². The van der Waals surface area contributed by atoms with Crippen LogP contribution >= 0.6 is 15.9 Å². The molecule has 0 aliphatic rings. The number of ether oxygens (including phenoxy) is 1. The molecule has 0 saturated heterocycles. The fourth-order valence-electron chi connectivity index (χ4n) is 2.55. The van der Waals surface area contributed by atoms with Crippen molar-refractivity contribution in [2.45, 2.75) is 6.92 Å². The van der Waals surface area contributed by atoms with Crippen LogP contribution in [0.2, 0.25) is 0 Å². The molecule has 5 nitrogen and oxygen atoms in total. The number of halogens is 1. The lowest BCUT2D eigenvalue weighted by molar-refractivity contribution is 0.341. The lowest BCUT2D eigenvalue weighted by atomic mass is 9.98. The molecule has 25 heavy (non-hydrogen) atoms. The Hall–Kier alpha value is -2.91. The van der Waals surface area contributed by atoms with Gasteiger partial charge in [-0.05, 0) is 43.3 Å². The molecular weight excluding hydrogens is 380 g/mol. The summed E-state index contributed by atoms with van der Waals surface area (Å²) in [5.74, 6) is 0.867. The number of anilines is 1. The number of hydrogen-bond donors (Lipinski definition) is 1. The Morgan fingerprint density at radius 2 is 2.08 bits per heavy atom. The molecule has 2 aromatic heterocycles. The minimum absolute atomic E-state index is 0.182. The monoisotopic (exact) mass is 394 g/mol.